The van der Waals surface area contributed by atoms with Crippen molar-refractivity contribution in [3.63, 3.8) is 0 Å². The summed E-state index contributed by atoms with van der Waals surface area (Å²) in [7, 11) is 0. The monoisotopic (exact) mass is 287 g/mol. The van der Waals surface area contributed by atoms with Crippen molar-refractivity contribution in [3.05, 3.63) is 28.8 Å². The van der Waals surface area contributed by atoms with Gasteiger partial charge in [-0.3, -0.25) is 4.79 Å². The van der Waals surface area contributed by atoms with E-state index in [9.17, 15) is 4.79 Å². The second-order valence-electron chi connectivity index (χ2n) is 4.62. The van der Waals surface area contributed by atoms with Crippen molar-refractivity contribution in [3.8, 4) is 5.75 Å². The third-order valence-electron chi connectivity index (χ3n) is 2.64. The van der Waals surface area contributed by atoms with Crippen molar-refractivity contribution in [2.45, 2.75) is 19.4 Å². The molecule has 5 nitrogen and oxygen atoms in total. The number of carbonyl (C=O) groups is 1. The molecule has 1 aromatic rings. The van der Waals surface area contributed by atoms with Gasteiger partial charge in [-0.05, 0) is 37.6 Å². The lowest BCUT2D eigenvalue weighted by Gasteiger charge is -2.26. The highest BCUT2D eigenvalue weighted by Crippen LogP contribution is 2.20. The highest BCUT2D eigenvalue weighted by Gasteiger charge is 2.24. The van der Waals surface area contributed by atoms with Gasteiger partial charge >= 0.3 is 0 Å². The van der Waals surface area contributed by atoms with Crippen molar-refractivity contribution in [1.82, 2.24) is 5.32 Å². The first-order chi connectivity index (χ1) is 8.90. The molecule has 0 fully saturated rings. The molecule has 3 N–H and O–H groups in total. The van der Waals surface area contributed by atoms with Crippen LogP contribution in [0.4, 0.5) is 0 Å². The number of nitrogens with one attached hydrogen (secondary N) is 1. The van der Waals surface area contributed by atoms with Crippen molar-refractivity contribution in [2.24, 2.45) is 0 Å². The van der Waals surface area contributed by atoms with Crippen LogP contribution in [0, 0.1) is 6.92 Å². The number of hydrogen-bond acceptors (Lipinski definition) is 4. The molecular formula is C13H18ClNO4. The lowest BCUT2D eigenvalue weighted by molar-refractivity contribution is -0.126. The average Bonchev–Trinajstić information content (AvgIpc) is 2.40. The lowest BCUT2D eigenvalue weighted by Crippen LogP contribution is -2.53. The first-order valence-electron chi connectivity index (χ1n) is 5.82. The fourth-order valence-corrected chi connectivity index (χ4v) is 1.48. The summed E-state index contributed by atoms with van der Waals surface area (Å²) in [6, 6.07) is 5.09. The smallest absolute Gasteiger partial charge is 0.258 e. The first-order valence-corrected chi connectivity index (χ1v) is 6.20. The standard InChI is InChI=1S/C13H18ClNO4/c1-9-5-10(3-4-11(9)14)19-6-12(18)15-13(2,7-16)8-17/h3-5,16-17H,6-8H2,1-2H3,(H,15,18). The van der Waals surface area contributed by atoms with E-state index < -0.39 is 11.4 Å². The molecule has 0 spiro atoms. The summed E-state index contributed by atoms with van der Waals surface area (Å²) < 4.78 is 5.30. The molecule has 0 aliphatic heterocycles. The Bertz CT molecular complexity index is 446. The van der Waals surface area contributed by atoms with Gasteiger partial charge in [0, 0.05) is 5.02 Å². The van der Waals surface area contributed by atoms with E-state index in [0.717, 1.165) is 5.56 Å². The largest absolute Gasteiger partial charge is 0.484 e. The zero-order valence-electron chi connectivity index (χ0n) is 10.9. The molecule has 0 saturated carbocycles. The van der Waals surface area contributed by atoms with Crippen LogP contribution in [0.1, 0.15) is 12.5 Å². The maximum atomic E-state index is 11.6. The molecule has 1 amide bonds. The second kappa shape index (κ2) is 6.75. The lowest BCUT2D eigenvalue weighted by atomic mass is 10.1. The van der Waals surface area contributed by atoms with E-state index >= 15 is 0 Å². The first kappa shape index (κ1) is 15.8. The van der Waals surface area contributed by atoms with Crippen LogP contribution in [0.15, 0.2) is 18.2 Å². The van der Waals surface area contributed by atoms with Gasteiger partial charge in [-0.1, -0.05) is 11.6 Å². The molecular weight excluding hydrogens is 270 g/mol. The molecule has 0 aliphatic carbocycles. The summed E-state index contributed by atoms with van der Waals surface area (Å²) in [5.74, 6) is 0.116. The Balaban J connectivity index is 2.52. The highest BCUT2D eigenvalue weighted by molar-refractivity contribution is 6.31. The number of hydrogen-bond donors (Lipinski definition) is 3. The minimum absolute atomic E-state index is 0.198. The zero-order valence-corrected chi connectivity index (χ0v) is 11.7. The molecule has 0 heterocycles. The quantitative estimate of drug-likeness (QED) is 0.726. The molecule has 1 aromatic carbocycles. The number of aryl methyl sites for hydroxylation is 1. The molecule has 1 rings (SSSR count). The Morgan fingerprint density at radius 1 is 1.42 bits per heavy atom. The fraction of sp³-hybridized carbons (Fsp3) is 0.462. The summed E-state index contributed by atoms with van der Waals surface area (Å²) in [6.45, 7) is 2.47. The van der Waals surface area contributed by atoms with Gasteiger partial charge in [0.25, 0.3) is 5.91 Å². The van der Waals surface area contributed by atoms with Crippen molar-refractivity contribution in [1.29, 1.82) is 0 Å². The molecule has 0 aliphatic rings. The van der Waals surface area contributed by atoms with Gasteiger partial charge in [-0.15, -0.1) is 0 Å². The van der Waals surface area contributed by atoms with Crippen LogP contribution < -0.4 is 10.1 Å². The van der Waals surface area contributed by atoms with Gasteiger partial charge < -0.3 is 20.3 Å². The van der Waals surface area contributed by atoms with Gasteiger partial charge in [0.2, 0.25) is 0 Å². The maximum absolute atomic E-state index is 11.6. The van der Waals surface area contributed by atoms with E-state index in [1.165, 1.54) is 6.92 Å². The van der Waals surface area contributed by atoms with Crippen LogP contribution in [-0.2, 0) is 4.79 Å². The van der Waals surface area contributed by atoms with Crippen molar-refractivity contribution in [2.75, 3.05) is 19.8 Å². The molecule has 0 saturated heterocycles. The maximum Gasteiger partial charge on any atom is 0.258 e. The van der Waals surface area contributed by atoms with E-state index in [4.69, 9.17) is 26.6 Å². The fourth-order valence-electron chi connectivity index (χ4n) is 1.36. The number of carbonyl (C=O) groups excluding carboxylic acids is 1. The molecule has 0 radical (unpaired) electrons. The van der Waals surface area contributed by atoms with E-state index in [-0.39, 0.29) is 19.8 Å². The topological polar surface area (TPSA) is 78.8 Å². The number of halogens is 1. The third kappa shape index (κ3) is 4.70. The Kier molecular flexibility index (Phi) is 5.60. The molecule has 0 atom stereocenters. The molecule has 0 aromatic heterocycles. The normalized spacial score (nSPS) is 11.2. The second-order valence-corrected chi connectivity index (χ2v) is 5.03. The van der Waals surface area contributed by atoms with Gasteiger partial charge in [0.05, 0.1) is 18.8 Å². The van der Waals surface area contributed by atoms with E-state index in [1.54, 1.807) is 18.2 Å². The van der Waals surface area contributed by atoms with Crippen LogP contribution in [0.2, 0.25) is 5.02 Å². The van der Waals surface area contributed by atoms with Gasteiger partial charge in [-0.25, -0.2) is 0 Å². The Labute approximate surface area is 117 Å². The minimum atomic E-state index is -1.05. The number of ether oxygens (including phenoxy) is 1. The Morgan fingerprint density at radius 3 is 2.58 bits per heavy atom. The summed E-state index contributed by atoms with van der Waals surface area (Å²) in [4.78, 5) is 11.6. The summed E-state index contributed by atoms with van der Waals surface area (Å²) in [5.41, 5.74) is -0.189. The van der Waals surface area contributed by atoms with E-state index in [0.29, 0.717) is 10.8 Å². The average molecular weight is 288 g/mol. The molecule has 0 unspecified atom stereocenters. The van der Waals surface area contributed by atoms with Crippen LogP contribution in [-0.4, -0.2) is 41.5 Å². The number of benzene rings is 1. The molecule has 19 heavy (non-hydrogen) atoms. The van der Waals surface area contributed by atoms with Gasteiger partial charge in [-0.2, -0.15) is 0 Å². The zero-order chi connectivity index (χ0) is 14.5. The predicted octanol–water partition coefficient (Wildman–Crippen LogP) is 0.887. The summed E-state index contributed by atoms with van der Waals surface area (Å²) >= 11 is 5.88. The number of amides is 1. The minimum Gasteiger partial charge on any atom is -0.484 e. The molecule has 0 bridgehead atoms. The van der Waals surface area contributed by atoms with Crippen LogP contribution >= 0.6 is 11.6 Å². The van der Waals surface area contributed by atoms with Crippen molar-refractivity contribution < 1.29 is 19.7 Å². The van der Waals surface area contributed by atoms with Crippen molar-refractivity contribution >= 4 is 17.5 Å². The molecule has 6 heteroatoms. The summed E-state index contributed by atoms with van der Waals surface area (Å²) in [6.07, 6.45) is 0. The number of rotatable bonds is 6. The number of aliphatic hydroxyl groups excluding tert-OH is 2. The van der Waals surface area contributed by atoms with Crippen LogP contribution in [0.25, 0.3) is 0 Å². The van der Waals surface area contributed by atoms with E-state index in [1.807, 2.05) is 6.92 Å². The van der Waals surface area contributed by atoms with E-state index in [2.05, 4.69) is 5.32 Å². The van der Waals surface area contributed by atoms with Gasteiger partial charge in [0.1, 0.15) is 5.75 Å². The Morgan fingerprint density at radius 2 is 2.05 bits per heavy atom. The molecule has 106 valence electrons. The number of aliphatic hydroxyl groups is 2. The highest BCUT2D eigenvalue weighted by atomic mass is 35.5. The third-order valence-corrected chi connectivity index (χ3v) is 3.06. The SMILES string of the molecule is Cc1cc(OCC(=O)NC(C)(CO)CO)ccc1Cl. The summed E-state index contributed by atoms with van der Waals surface area (Å²) in [5, 5.41) is 21.2. The van der Waals surface area contributed by atoms with Gasteiger partial charge in [0.15, 0.2) is 6.61 Å². The predicted molar refractivity (Wildman–Crippen MR) is 72.4 cm³/mol. The van der Waals surface area contributed by atoms with Crippen LogP contribution in [0.3, 0.4) is 0 Å². The Hall–Kier alpha value is -1.30. The van der Waals surface area contributed by atoms with Crippen LogP contribution in [0.5, 0.6) is 5.75 Å².